The third-order valence-corrected chi connectivity index (χ3v) is 4.77. The van der Waals surface area contributed by atoms with Gasteiger partial charge >= 0.3 is 0 Å². The fourth-order valence-corrected chi connectivity index (χ4v) is 3.31. The van der Waals surface area contributed by atoms with E-state index in [0.717, 1.165) is 35.7 Å². The number of rotatable bonds is 2. The van der Waals surface area contributed by atoms with E-state index in [4.69, 9.17) is 4.74 Å². The van der Waals surface area contributed by atoms with Crippen molar-refractivity contribution in [3.05, 3.63) is 35.5 Å². The van der Waals surface area contributed by atoms with Crippen molar-refractivity contribution in [3.63, 3.8) is 0 Å². The van der Waals surface area contributed by atoms with Gasteiger partial charge in [0.1, 0.15) is 17.7 Å². The smallest absolute Gasteiger partial charge is 0.254 e. The lowest BCUT2D eigenvalue weighted by atomic mass is 9.96. The van der Waals surface area contributed by atoms with E-state index in [1.54, 1.807) is 11.0 Å². The van der Waals surface area contributed by atoms with Gasteiger partial charge in [0.15, 0.2) is 0 Å². The van der Waals surface area contributed by atoms with Crippen molar-refractivity contribution in [3.8, 4) is 0 Å². The monoisotopic (exact) mass is 327 g/mol. The molecule has 4 rings (SSSR count). The molecule has 1 aliphatic heterocycles. The minimum atomic E-state index is -0.414. The Labute approximate surface area is 140 Å². The molecule has 3 aromatic heterocycles. The first-order chi connectivity index (χ1) is 11.5. The average Bonchev–Trinajstić information content (AvgIpc) is 3.17. The average molecular weight is 327 g/mol. The zero-order valence-corrected chi connectivity index (χ0v) is 14.4. The highest BCUT2D eigenvalue weighted by Crippen LogP contribution is 2.33. The Balaban J connectivity index is 1.77. The van der Waals surface area contributed by atoms with E-state index in [1.807, 2.05) is 30.9 Å². The summed E-state index contributed by atoms with van der Waals surface area (Å²) in [4.78, 5) is 11.1. The number of hydrogen-bond acceptors (Lipinski definition) is 6. The zero-order valence-electron chi connectivity index (χ0n) is 14.4. The van der Waals surface area contributed by atoms with Gasteiger partial charge < -0.3 is 9.64 Å². The number of aromatic nitrogens is 6. The minimum Gasteiger partial charge on any atom is -0.367 e. The number of morpholine rings is 1. The molecule has 1 saturated heterocycles. The Morgan fingerprint density at radius 3 is 2.83 bits per heavy atom. The van der Waals surface area contributed by atoms with E-state index in [2.05, 4.69) is 38.9 Å². The summed E-state index contributed by atoms with van der Waals surface area (Å²) in [7, 11) is 1.92. The number of nitrogens with zero attached hydrogens (tertiary/aromatic N) is 7. The molecular weight excluding hydrogens is 306 g/mol. The molecule has 1 atom stereocenters. The SMILES string of the molecule is Cc1nc2ncnn2c(N2CCOC(C)(c3cnn(C)c3)C2)c1C. The van der Waals surface area contributed by atoms with Gasteiger partial charge in [-0.3, -0.25) is 4.68 Å². The highest BCUT2D eigenvalue weighted by atomic mass is 16.5. The van der Waals surface area contributed by atoms with Crippen molar-refractivity contribution in [2.24, 2.45) is 7.05 Å². The second kappa shape index (κ2) is 5.27. The molecule has 0 saturated carbocycles. The van der Waals surface area contributed by atoms with Gasteiger partial charge in [0.25, 0.3) is 5.78 Å². The summed E-state index contributed by atoms with van der Waals surface area (Å²) in [6.07, 6.45) is 5.43. The Bertz CT molecular complexity index is 899. The van der Waals surface area contributed by atoms with E-state index >= 15 is 0 Å². The lowest BCUT2D eigenvalue weighted by Crippen LogP contribution is -2.49. The summed E-state index contributed by atoms with van der Waals surface area (Å²) in [5, 5.41) is 8.65. The van der Waals surface area contributed by atoms with E-state index in [9.17, 15) is 0 Å². The summed E-state index contributed by atoms with van der Waals surface area (Å²) >= 11 is 0. The Morgan fingerprint density at radius 2 is 2.08 bits per heavy atom. The van der Waals surface area contributed by atoms with Gasteiger partial charge in [-0.1, -0.05) is 0 Å². The number of anilines is 1. The summed E-state index contributed by atoms with van der Waals surface area (Å²) in [5.74, 6) is 1.66. The molecule has 8 heteroatoms. The first-order valence-electron chi connectivity index (χ1n) is 8.03. The molecule has 1 fully saturated rings. The molecule has 0 spiro atoms. The fourth-order valence-electron chi connectivity index (χ4n) is 3.31. The maximum atomic E-state index is 6.12. The van der Waals surface area contributed by atoms with Crippen LogP contribution in [-0.4, -0.2) is 49.1 Å². The van der Waals surface area contributed by atoms with Crippen LogP contribution in [0.25, 0.3) is 5.78 Å². The molecule has 24 heavy (non-hydrogen) atoms. The van der Waals surface area contributed by atoms with Gasteiger partial charge in [-0.05, 0) is 20.8 Å². The van der Waals surface area contributed by atoms with Crippen LogP contribution in [0.2, 0.25) is 0 Å². The van der Waals surface area contributed by atoms with Crippen molar-refractivity contribution in [2.45, 2.75) is 26.4 Å². The fraction of sp³-hybridized carbons (Fsp3) is 0.500. The molecule has 3 aromatic rings. The molecule has 0 aliphatic carbocycles. The van der Waals surface area contributed by atoms with Gasteiger partial charge in [0.05, 0.1) is 19.3 Å². The summed E-state index contributed by atoms with van der Waals surface area (Å²) < 4.78 is 9.75. The molecule has 0 bridgehead atoms. The number of aryl methyl sites for hydroxylation is 2. The summed E-state index contributed by atoms with van der Waals surface area (Å²) in [6.45, 7) is 8.36. The maximum absolute atomic E-state index is 6.12. The molecule has 0 amide bonds. The van der Waals surface area contributed by atoms with Gasteiger partial charge in [-0.25, -0.2) is 4.98 Å². The predicted molar refractivity (Wildman–Crippen MR) is 89.0 cm³/mol. The van der Waals surface area contributed by atoms with Crippen LogP contribution < -0.4 is 4.90 Å². The molecular formula is C16H21N7O. The van der Waals surface area contributed by atoms with E-state index in [0.29, 0.717) is 12.4 Å². The summed E-state index contributed by atoms with van der Waals surface area (Å²) in [5.41, 5.74) is 2.75. The van der Waals surface area contributed by atoms with E-state index < -0.39 is 5.60 Å². The van der Waals surface area contributed by atoms with Crippen molar-refractivity contribution in [1.82, 2.24) is 29.4 Å². The minimum absolute atomic E-state index is 0.414. The molecule has 0 radical (unpaired) electrons. The van der Waals surface area contributed by atoms with E-state index in [-0.39, 0.29) is 0 Å². The molecule has 0 aromatic carbocycles. The van der Waals surface area contributed by atoms with Crippen molar-refractivity contribution in [2.75, 3.05) is 24.6 Å². The van der Waals surface area contributed by atoms with Crippen LogP contribution in [-0.2, 0) is 17.4 Å². The van der Waals surface area contributed by atoms with Crippen LogP contribution in [0, 0.1) is 13.8 Å². The van der Waals surface area contributed by atoms with Gasteiger partial charge in [0, 0.05) is 36.6 Å². The first-order valence-corrected chi connectivity index (χ1v) is 8.03. The molecule has 0 N–H and O–H groups in total. The standard InChI is InChI=1S/C16H21N7O/c1-11-12(2)20-15-17-10-19-23(15)14(11)22-5-6-24-16(3,9-22)13-7-18-21(4)8-13/h7-8,10H,5-6,9H2,1-4H3. The lowest BCUT2D eigenvalue weighted by Gasteiger charge is -2.41. The van der Waals surface area contributed by atoms with Crippen molar-refractivity contribution in [1.29, 1.82) is 0 Å². The maximum Gasteiger partial charge on any atom is 0.254 e. The Kier molecular flexibility index (Phi) is 3.31. The normalized spacial score (nSPS) is 21.6. The van der Waals surface area contributed by atoms with Crippen LogP contribution in [0.1, 0.15) is 23.7 Å². The second-order valence-electron chi connectivity index (χ2n) is 6.52. The van der Waals surface area contributed by atoms with Crippen LogP contribution in [0.5, 0.6) is 0 Å². The molecule has 4 heterocycles. The lowest BCUT2D eigenvalue weighted by molar-refractivity contribution is -0.0469. The highest BCUT2D eigenvalue weighted by molar-refractivity contribution is 5.54. The van der Waals surface area contributed by atoms with Gasteiger partial charge in [-0.2, -0.15) is 19.7 Å². The van der Waals surface area contributed by atoms with Crippen LogP contribution in [0.4, 0.5) is 5.82 Å². The van der Waals surface area contributed by atoms with Crippen molar-refractivity contribution < 1.29 is 4.74 Å². The Hall–Kier alpha value is -2.48. The van der Waals surface area contributed by atoms with Crippen LogP contribution in [0.15, 0.2) is 18.7 Å². The number of fused-ring (bicyclic) bond motifs is 1. The topological polar surface area (TPSA) is 73.4 Å². The van der Waals surface area contributed by atoms with Gasteiger partial charge in [0.2, 0.25) is 0 Å². The number of ether oxygens (including phenoxy) is 1. The van der Waals surface area contributed by atoms with E-state index in [1.165, 1.54) is 0 Å². The third kappa shape index (κ3) is 2.25. The van der Waals surface area contributed by atoms with Crippen LogP contribution >= 0.6 is 0 Å². The first kappa shape index (κ1) is 15.1. The number of hydrogen-bond donors (Lipinski definition) is 0. The van der Waals surface area contributed by atoms with Gasteiger partial charge in [-0.15, -0.1) is 0 Å². The largest absolute Gasteiger partial charge is 0.367 e. The second-order valence-corrected chi connectivity index (χ2v) is 6.52. The van der Waals surface area contributed by atoms with Crippen LogP contribution in [0.3, 0.4) is 0 Å². The quantitative estimate of drug-likeness (QED) is 0.705. The highest BCUT2D eigenvalue weighted by Gasteiger charge is 2.36. The molecule has 126 valence electrons. The molecule has 1 aliphatic rings. The molecule has 8 nitrogen and oxygen atoms in total. The predicted octanol–water partition coefficient (Wildman–Crippen LogP) is 1.23. The Morgan fingerprint density at radius 1 is 1.25 bits per heavy atom. The zero-order chi connectivity index (χ0) is 16.9. The summed E-state index contributed by atoms with van der Waals surface area (Å²) in [6, 6.07) is 0. The van der Waals surface area contributed by atoms with Crippen molar-refractivity contribution >= 4 is 11.6 Å². The third-order valence-electron chi connectivity index (χ3n) is 4.77. The molecule has 1 unspecified atom stereocenters.